The Morgan fingerprint density at radius 3 is 1.39 bits per heavy atom. The Hall–Kier alpha value is -6.16. The first-order valence-electron chi connectivity index (χ1n) is 20.8. The van der Waals surface area contributed by atoms with Crippen LogP contribution in [0, 0.1) is 0 Å². The molecule has 0 amide bonds. The zero-order chi connectivity index (χ0) is 45.1. The van der Waals surface area contributed by atoms with Gasteiger partial charge in [0.2, 0.25) is 11.7 Å². The van der Waals surface area contributed by atoms with Gasteiger partial charge in [0.05, 0.1) is 30.1 Å². The molecular weight excluding hydrogens is 769 g/mol. The molecule has 6 aromatic rings. The van der Waals surface area contributed by atoms with Crippen LogP contribution in [0.1, 0.15) is 129 Å². The van der Waals surface area contributed by atoms with Gasteiger partial charge < -0.3 is 28.4 Å². The minimum atomic E-state index is -1.52. The van der Waals surface area contributed by atoms with E-state index in [4.69, 9.17) is 23.3 Å². The van der Waals surface area contributed by atoms with Gasteiger partial charge in [-0.1, -0.05) is 193 Å². The standard InChI is InChI=1S/C19H17NO4.C18H15NO4.6C2H6.2CH4/c1-2-22-19(21)18(14-8-4-3-5-9-14)23-16-11-7-6-10-15(16)17-12-13-20-24-17;1-18(17(20)21,13-7-3-2-4-8-13)22-15-10-6-5-9-14(15)16-11-12-19-23-16;6*1-2;;/h3-13,18H,2H2,1H3;2-12H,1H3,(H,20,21);6*1-2H3;2*1H4. The van der Waals surface area contributed by atoms with Crippen molar-refractivity contribution in [2.75, 3.05) is 6.61 Å². The van der Waals surface area contributed by atoms with E-state index < -0.39 is 23.6 Å². The number of aromatic nitrogens is 2. The summed E-state index contributed by atoms with van der Waals surface area (Å²) in [5, 5.41) is 17.1. The van der Waals surface area contributed by atoms with Crippen molar-refractivity contribution in [2.45, 2.75) is 123 Å². The van der Waals surface area contributed by atoms with Gasteiger partial charge in [-0.25, -0.2) is 9.59 Å². The fourth-order valence-electron chi connectivity index (χ4n) is 4.67. The van der Waals surface area contributed by atoms with E-state index >= 15 is 0 Å². The number of nitrogens with zero attached hydrogens (tertiary/aromatic N) is 2. The molecule has 10 nitrogen and oxygen atoms in total. The smallest absolute Gasteiger partial charge is 0.352 e. The van der Waals surface area contributed by atoms with Crippen molar-refractivity contribution in [1.82, 2.24) is 10.3 Å². The van der Waals surface area contributed by atoms with E-state index in [0.717, 1.165) is 11.1 Å². The summed E-state index contributed by atoms with van der Waals surface area (Å²) in [5.74, 6) is 0.518. The molecule has 0 fully saturated rings. The second-order valence-electron chi connectivity index (χ2n) is 10.2. The molecule has 0 radical (unpaired) electrons. The lowest BCUT2D eigenvalue weighted by molar-refractivity contribution is -0.154. The van der Waals surface area contributed by atoms with Gasteiger partial charge >= 0.3 is 11.9 Å². The van der Waals surface area contributed by atoms with Crippen molar-refractivity contribution >= 4 is 11.9 Å². The van der Waals surface area contributed by atoms with Gasteiger partial charge in [-0.05, 0) is 38.1 Å². The number of carbonyl (C=O) groups is 2. The van der Waals surface area contributed by atoms with Crippen LogP contribution in [-0.4, -0.2) is 34.0 Å². The molecule has 2 heterocycles. The number of para-hydroxylation sites is 2. The van der Waals surface area contributed by atoms with Gasteiger partial charge in [0.1, 0.15) is 11.5 Å². The van der Waals surface area contributed by atoms with Gasteiger partial charge in [0.25, 0.3) is 0 Å². The third kappa shape index (κ3) is 19.6. The molecule has 338 valence electrons. The summed E-state index contributed by atoms with van der Waals surface area (Å²) in [7, 11) is 0. The lowest BCUT2D eigenvalue weighted by atomic mass is 9.95. The topological polar surface area (TPSA) is 134 Å². The first-order valence-corrected chi connectivity index (χ1v) is 20.8. The molecule has 0 aliphatic heterocycles. The summed E-state index contributed by atoms with van der Waals surface area (Å²) in [6, 6.07) is 36.0. The van der Waals surface area contributed by atoms with Gasteiger partial charge in [-0.2, -0.15) is 0 Å². The molecule has 2 atom stereocenters. The monoisotopic (exact) mass is 845 g/mol. The number of hydrogen-bond acceptors (Lipinski definition) is 9. The highest BCUT2D eigenvalue weighted by Gasteiger charge is 2.38. The maximum Gasteiger partial charge on any atom is 0.352 e. The fraction of sp³-hybridized carbons (Fsp3) is 0.373. The van der Waals surface area contributed by atoms with Crippen molar-refractivity contribution in [1.29, 1.82) is 0 Å². The van der Waals surface area contributed by atoms with Crippen LogP contribution in [0.4, 0.5) is 0 Å². The largest absolute Gasteiger partial charge is 0.478 e. The summed E-state index contributed by atoms with van der Waals surface area (Å²) >= 11 is 0. The molecule has 0 aliphatic rings. The molecule has 2 aromatic heterocycles. The molecule has 1 N–H and O–H groups in total. The Morgan fingerprint density at radius 1 is 0.590 bits per heavy atom. The Labute approximate surface area is 368 Å². The number of carboxylic acids is 1. The van der Waals surface area contributed by atoms with E-state index in [2.05, 4.69) is 10.3 Å². The molecule has 0 bridgehead atoms. The fourth-order valence-corrected chi connectivity index (χ4v) is 4.67. The Bertz CT molecular complexity index is 1860. The molecule has 61 heavy (non-hydrogen) atoms. The number of benzene rings is 4. The quantitative estimate of drug-likeness (QED) is 0.126. The van der Waals surface area contributed by atoms with E-state index in [0.29, 0.717) is 34.1 Å². The third-order valence-corrected chi connectivity index (χ3v) is 7.08. The average molecular weight is 845 g/mol. The van der Waals surface area contributed by atoms with Crippen molar-refractivity contribution < 1.29 is 38.0 Å². The molecule has 0 aliphatic carbocycles. The number of carbonyl (C=O) groups excluding carboxylic acids is 1. The Balaban J connectivity index is -0.000000417. The number of aliphatic carboxylic acids is 1. The van der Waals surface area contributed by atoms with E-state index in [-0.39, 0.29) is 21.5 Å². The van der Waals surface area contributed by atoms with Crippen LogP contribution in [0.2, 0.25) is 0 Å². The third-order valence-electron chi connectivity index (χ3n) is 7.08. The summed E-state index contributed by atoms with van der Waals surface area (Å²) in [4.78, 5) is 24.2. The van der Waals surface area contributed by atoms with E-state index in [9.17, 15) is 14.7 Å². The van der Waals surface area contributed by atoms with E-state index in [1.807, 2.05) is 144 Å². The van der Waals surface area contributed by atoms with Crippen LogP contribution in [0.3, 0.4) is 0 Å². The van der Waals surface area contributed by atoms with Gasteiger partial charge in [-0.15, -0.1) is 0 Å². The van der Waals surface area contributed by atoms with Crippen LogP contribution >= 0.6 is 0 Å². The zero-order valence-electron chi connectivity index (χ0n) is 37.7. The van der Waals surface area contributed by atoms with E-state index in [1.165, 1.54) is 13.1 Å². The first-order chi connectivity index (χ1) is 28.9. The molecule has 10 heteroatoms. The molecule has 4 aromatic carbocycles. The van der Waals surface area contributed by atoms with Gasteiger partial charge in [0, 0.05) is 23.3 Å². The van der Waals surface area contributed by atoms with Crippen LogP contribution in [-0.2, 0) is 19.9 Å². The summed E-state index contributed by atoms with van der Waals surface area (Å²) in [5.41, 5.74) is 1.13. The Morgan fingerprint density at radius 2 is 0.984 bits per heavy atom. The predicted octanol–water partition coefficient (Wildman–Crippen LogP) is 15.2. The highest BCUT2D eigenvalue weighted by atomic mass is 16.6. The highest BCUT2D eigenvalue weighted by Crippen LogP contribution is 2.36. The van der Waals surface area contributed by atoms with Crippen molar-refractivity contribution in [3.8, 4) is 34.1 Å². The predicted molar refractivity (Wildman–Crippen MR) is 254 cm³/mol. The minimum absolute atomic E-state index is 0. The molecule has 0 spiro atoms. The zero-order valence-corrected chi connectivity index (χ0v) is 37.7. The van der Waals surface area contributed by atoms with Crippen molar-refractivity contribution in [3.63, 3.8) is 0 Å². The molecule has 0 saturated heterocycles. The summed E-state index contributed by atoms with van der Waals surface area (Å²) < 4.78 is 27.5. The van der Waals surface area contributed by atoms with E-state index in [1.54, 1.807) is 73.8 Å². The van der Waals surface area contributed by atoms with Crippen LogP contribution in [0.5, 0.6) is 11.5 Å². The maximum atomic E-state index is 12.4. The Kier molecular flexibility index (Phi) is 38.4. The van der Waals surface area contributed by atoms with Crippen LogP contribution in [0.15, 0.2) is 143 Å². The lowest BCUT2D eigenvalue weighted by Crippen LogP contribution is -2.38. The number of ether oxygens (including phenoxy) is 3. The highest BCUT2D eigenvalue weighted by molar-refractivity contribution is 5.80. The van der Waals surface area contributed by atoms with Gasteiger partial charge in [-0.3, -0.25) is 0 Å². The SMILES string of the molecule is C.C.CC.CC.CC.CC.CC.CC.CC(Oc1ccccc1-c1ccno1)(C(=O)O)c1ccccc1.CCOC(=O)C(Oc1ccccc1-c1ccno1)c1ccccc1. The lowest BCUT2D eigenvalue weighted by Gasteiger charge is -2.27. The molecule has 2 unspecified atom stereocenters. The summed E-state index contributed by atoms with van der Waals surface area (Å²) in [6.45, 7) is 27.6. The second-order valence-corrected chi connectivity index (χ2v) is 10.2. The number of carboxylic acid groups (broad SMARTS) is 1. The molecule has 6 rings (SSSR count). The number of esters is 1. The van der Waals surface area contributed by atoms with Gasteiger partial charge in [0.15, 0.2) is 11.5 Å². The molecule has 0 saturated carbocycles. The van der Waals surface area contributed by atoms with Crippen molar-refractivity contribution in [2.24, 2.45) is 0 Å². The number of rotatable bonds is 11. The summed E-state index contributed by atoms with van der Waals surface area (Å²) in [6.07, 6.45) is 2.24. The number of hydrogen-bond donors (Lipinski definition) is 1. The van der Waals surface area contributed by atoms with Crippen LogP contribution in [0.25, 0.3) is 22.6 Å². The molecular formula is C51H76N2O8. The normalized spacial score (nSPS) is 10.2. The maximum absolute atomic E-state index is 12.4. The first kappa shape index (κ1) is 61.5. The van der Waals surface area contributed by atoms with Crippen molar-refractivity contribution in [3.05, 3.63) is 145 Å². The van der Waals surface area contributed by atoms with Crippen LogP contribution < -0.4 is 9.47 Å². The minimum Gasteiger partial charge on any atom is -0.478 e. The second kappa shape index (κ2) is 38.1. The average Bonchev–Trinajstić information content (AvgIpc) is 4.07.